The Morgan fingerprint density at radius 1 is 1.00 bits per heavy atom. The maximum atomic E-state index is 5.68. The van der Waals surface area contributed by atoms with E-state index < -0.39 is 0 Å². The molecule has 0 unspecified atom stereocenters. The summed E-state index contributed by atoms with van der Waals surface area (Å²) >= 11 is 3.15. The van der Waals surface area contributed by atoms with Crippen molar-refractivity contribution in [2.24, 2.45) is 0 Å². The van der Waals surface area contributed by atoms with Gasteiger partial charge in [0.05, 0.1) is 11.3 Å². The highest BCUT2D eigenvalue weighted by atomic mass is 32.2. The van der Waals surface area contributed by atoms with Gasteiger partial charge in [0.2, 0.25) is 17.6 Å². The minimum Gasteiger partial charge on any atom is -0.416 e. The zero-order valence-corrected chi connectivity index (χ0v) is 15.5. The standard InChI is InChI=1S/C18H16N4O2S2/c1-2-6-13(7-3-1)12-16-20-21-18(23-16)26-11-5-9-15-19-17(22-24-15)14-8-4-10-25-14/h1-4,6-8,10H,5,9,11-12H2. The Kier molecular flexibility index (Phi) is 5.41. The second kappa shape index (κ2) is 8.29. The second-order valence-corrected chi connectivity index (χ2v) is 7.56. The molecule has 1 aromatic carbocycles. The van der Waals surface area contributed by atoms with Crippen LogP contribution >= 0.6 is 23.1 Å². The Morgan fingerprint density at radius 2 is 1.92 bits per heavy atom. The molecular formula is C18H16N4O2S2. The van der Waals surface area contributed by atoms with Crippen molar-refractivity contribution in [2.75, 3.05) is 5.75 Å². The number of aryl methyl sites for hydroxylation is 1. The van der Waals surface area contributed by atoms with Gasteiger partial charge in [-0.1, -0.05) is 53.3 Å². The summed E-state index contributed by atoms with van der Waals surface area (Å²) in [6.45, 7) is 0. The summed E-state index contributed by atoms with van der Waals surface area (Å²) in [6, 6.07) is 14.1. The van der Waals surface area contributed by atoms with E-state index in [2.05, 4.69) is 20.3 Å². The average molecular weight is 384 g/mol. The molecular weight excluding hydrogens is 368 g/mol. The van der Waals surface area contributed by atoms with E-state index in [0.29, 0.717) is 29.2 Å². The predicted molar refractivity (Wildman–Crippen MR) is 100 cm³/mol. The highest BCUT2D eigenvalue weighted by molar-refractivity contribution is 7.99. The molecule has 6 nitrogen and oxygen atoms in total. The fraction of sp³-hybridized carbons (Fsp3) is 0.222. The van der Waals surface area contributed by atoms with Gasteiger partial charge in [0, 0.05) is 12.2 Å². The summed E-state index contributed by atoms with van der Waals surface area (Å²) < 4.78 is 11.0. The van der Waals surface area contributed by atoms with Crippen molar-refractivity contribution < 1.29 is 8.94 Å². The van der Waals surface area contributed by atoms with Crippen LogP contribution in [0.4, 0.5) is 0 Å². The first-order valence-electron chi connectivity index (χ1n) is 8.22. The van der Waals surface area contributed by atoms with Crippen molar-refractivity contribution in [3.05, 3.63) is 65.2 Å². The summed E-state index contributed by atoms with van der Waals surface area (Å²) in [4.78, 5) is 5.44. The number of hydrogen-bond donors (Lipinski definition) is 0. The monoisotopic (exact) mass is 384 g/mol. The van der Waals surface area contributed by atoms with Crippen LogP contribution in [0.25, 0.3) is 10.7 Å². The van der Waals surface area contributed by atoms with E-state index in [1.54, 1.807) is 23.1 Å². The molecule has 0 N–H and O–H groups in total. The zero-order chi connectivity index (χ0) is 17.6. The quantitative estimate of drug-likeness (QED) is 0.327. The van der Waals surface area contributed by atoms with Crippen LogP contribution < -0.4 is 0 Å². The minimum atomic E-state index is 0.598. The van der Waals surface area contributed by atoms with Crippen LogP contribution in [0.15, 0.2) is 62.0 Å². The Bertz CT molecular complexity index is 935. The third-order valence-electron chi connectivity index (χ3n) is 3.62. The van der Waals surface area contributed by atoms with Gasteiger partial charge < -0.3 is 8.94 Å². The van der Waals surface area contributed by atoms with Gasteiger partial charge in [0.1, 0.15) is 0 Å². The third-order valence-corrected chi connectivity index (χ3v) is 5.39. The SMILES string of the molecule is c1ccc(Cc2nnc(SCCCc3nc(-c4cccs4)no3)o2)cc1. The lowest BCUT2D eigenvalue weighted by atomic mass is 10.2. The number of nitrogens with zero attached hydrogens (tertiary/aromatic N) is 4. The van der Waals surface area contributed by atoms with E-state index in [1.165, 1.54) is 0 Å². The number of benzene rings is 1. The summed E-state index contributed by atoms with van der Waals surface area (Å²) in [5, 5.41) is 14.8. The average Bonchev–Trinajstić information content (AvgIpc) is 3.41. The van der Waals surface area contributed by atoms with Gasteiger partial charge in [-0.15, -0.1) is 21.5 Å². The van der Waals surface area contributed by atoms with Gasteiger partial charge in [-0.25, -0.2) is 0 Å². The first kappa shape index (κ1) is 17.0. The Hall–Kier alpha value is -2.45. The molecule has 4 aromatic rings. The number of thiophene rings is 1. The van der Waals surface area contributed by atoms with Gasteiger partial charge in [-0.3, -0.25) is 0 Å². The number of aromatic nitrogens is 4. The smallest absolute Gasteiger partial charge is 0.276 e. The highest BCUT2D eigenvalue weighted by Crippen LogP contribution is 2.22. The van der Waals surface area contributed by atoms with E-state index >= 15 is 0 Å². The van der Waals surface area contributed by atoms with Crippen molar-refractivity contribution in [3.63, 3.8) is 0 Å². The molecule has 8 heteroatoms. The fourth-order valence-corrected chi connectivity index (χ4v) is 3.75. The zero-order valence-electron chi connectivity index (χ0n) is 13.9. The van der Waals surface area contributed by atoms with Crippen LogP contribution in [0.2, 0.25) is 0 Å². The summed E-state index contributed by atoms with van der Waals surface area (Å²) in [7, 11) is 0. The maximum absolute atomic E-state index is 5.68. The van der Waals surface area contributed by atoms with Crippen LogP contribution in [0.5, 0.6) is 0 Å². The molecule has 0 fully saturated rings. The van der Waals surface area contributed by atoms with E-state index in [9.17, 15) is 0 Å². The van der Waals surface area contributed by atoms with Crippen LogP contribution in [0.3, 0.4) is 0 Å². The Balaban J connectivity index is 1.23. The third kappa shape index (κ3) is 4.39. The molecule has 4 rings (SSSR count). The van der Waals surface area contributed by atoms with Gasteiger partial charge in [0.25, 0.3) is 5.22 Å². The first-order valence-corrected chi connectivity index (χ1v) is 10.1. The lowest BCUT2D eigenvalue weighted by Crippen LogP contribution is -1.88. The largest absolute Gasteiger partial charge is 0.416 e. The van der Waals surface area contributed by atoms with E-state index in [4.69, 9.17) is 8.94 Å². The Morgan fingerprint density at radius 3 is 2.77 bits per heavy atom. The second-order valence-electron chi connectivity index (χ2n) is 5.57. The molecule has 0 amide bonds. The minimum absolute atomic E-state index is 0.598. The number of hydrogen-bond acceptors (Lipinski definition) is 8. The fourth-order valence-electron chi connectivity index (χ4n) is 2.38. The van der Waals surface area contributed by atoms with E-state index in [1.807, 2.05) is 47.8 Å². The molecule has 0 radical (unpaired) electrons. The van der Waals surface area contributed by atoms with Crippen LogP contribution in [0.1, 0.15) is 23.8 Å². The van der Waals surface area contributed by atoms with Crippen molar-refractivity contribution in [2.45, 2.75) is 24.5 Å². The van der Waals surface area contributed by atoms with Crippen molar-refractivity contribution >= 4 is 23.1 Å². The van der Waals surface area contributed by atoms with Gasteiger partial charge >= 0.3 is 0 Å². The first-order chi connectivity index (χ1) is 12.9. The Labute approximate surface area is 158 Å². The molecule has 0 saturated heterocycles. The van der Waals surface area contributed by atoms with Crippen LogP contribution in [0, 0.1) is 0 Å². The van der Waals surface area contributed by atoms with Crippen LogP contribution in [-0.2, 0) is 12.8 Å². The molecule has 3 aromatic heterocycles. The summed E-state index contributed by atoms with van der Waals surface area (Å²) in [6.07, 6.45) is 2.28. The molecule has 0 aliphatic heterocycles. The maximum Gasteiger partial charge on any atom is 0.276 e. The van der Waals surface area contributed by atoms with Gasteiger partial charge in [-0.05, 0) is 23.4 Å². The molecule has 26 heavy (non-hydrogen) atoms. The molecule has 0 saturated carbocycles. The van der Waals surface area contributed by atoms with Crippen LogP contribution in [-0.4, -0.2) is 26.1 Å². The van der Waals surface area contributed by atoms with Crippen molar-refractivity contribution in [1.82, 2.24) is 20.3 Å². The van der Waals surface area contributed by atoms with Gasteiger partial charge in [0.15, 0.2) is 0 Å². The molecule has 0 atom stereocenters. The lowest BCUT2D eigenvalue weighted by Gasteiger charge is -1.96. The number of rotatable bonds is 8. The number of thioether (sulfide) groups is 1. The highest BCUT2D eigenvalue weighted by Gasteiger charge is 2.10. The molecule has 0 spiro atoms. The topological polar surface area (TPSA) is 77.8 Å². The molecule has 0 bridgehead atoms. The lowest BCUT2D eigenvalue weighted by molar-refractivity contribution is 0.378. The summed E-state index contributed by atoms with van der Waals surface area (Å²) in [5.41, 5.74) is 1.16. The molecule has 3 heterocycles. The van der Waals surface area contributed by atoms with Crippen molar-refractivity contribution in [1.29, 1.82) is 0 Å². The van der Waals surface area contributed by atoms with E-state index in [-0.39, 0.29) is 0 Å². The van der Waals surface area contributed by atoms with Gasteiger partial charge in [-0.2, -0.15) is 4.98 Å². The van der Waals surface area contributed by atoms with Crippen molar-refractivity contribution in [3.8, 4) is 10.7 Å². The molecule has 0 aliphatic carbocycles. The molecule has 0 aliphatic rings. The predicted octanol–water partition coefficient (Wildman–Crippen LogP) is 4.50. The van der Waals surface area contributed by atoms with E-state index in [0.717, 1.165) is 29.0 Å². The summed E-state index contributed by atoms with van der Waals surface area (Å²) in [5.74, 6) is 2.80. The molecule has 132 valence electrons. The normalized spacial score (nSPS) is 11.1.